The van der Waals surface area contributed by atoms with Crippen molar-refractivity contribution in [3.8, 4) is 0 Å². The van der Waals surface area contributed by atoms with Crippen LogP contribution in [0.3, 0.4) is 0 Å². The quantitative estimate of drug-likeness (QED) is 0.869. The molecule has 1 fully saturated rings. The Labute approximate surface area is 162 Å². The Morgan fingerprint density at radius 1 is 1.11 bits per heavy atom. The van der Waals surface area contributed by atoms with Gasteiger partial charge < -0.3 is 14.9 Å². The van der Waals surface area contributed by atoms with Crippen LogP contribution < -0.4 is 4.90 Å². The molecule has 148 valence electrons. The molecule has 2 heterocycles. The van der Waals surface area contributed by atoms with E-state index in [2.05, 4.69) is 14.9 Å². The van der Waals surface area contributed by atoms with Crippen LogP contribution in [0.2, 0.25) is 0 Å². The molecule has 0 aliphatic carbocycles. The standard InChI is InChI=1S/C20H23FN4O3/c1-12(2)18-22-13(3)10-17(23-18)24-6-8-25(9-7-24)19(26)15-5-4-14(20(27)28)11-16(15)21/h4-5,10-12H,6-9H2,1-3H3,(H,27,28). The highest BCUT2D eigenvalue weighted by Gasteiger charge is 2.25. The van der Waals surface area contributed by atoms with Crippen molar-refractivity contribution in [3.63, 3.8) is 0 Å². The monoisotopic (exact) mass is 386 g/mol. The third kappa shape index (κ3) is 4.11. The Kier molecular flexibility index (Phi) is 5.58. The van der Waals surface area contributed by atoms with Crippen molar-refractivity contribution in [2.24, 2.45) is 0 Å². The maximum absolute atomic E-state index is 14.2. The van der Waals surface area contributed by atoms with Gasteiger partial charge in [-0.25, -0.2) is 19.2 Å². The number of nitrogens with zero attached hydrogens (tertiary/aromatic N) is 4. The SMILES string of the molecule is Cc1cc(N2CCN(C(=O)c3ccc(C(=O)O)cc3F)CC2)nc(C(C)C)n1. The molecule has 28 heavy (non-hydrogen) atoms. The minimum absolute atomic E-state index is 0.113. The number of carbonyl (C=O) groups excluding carboxylic acids is 1. The van der Waals surface area contributed by atoms with Gasteiger partial charge in [0.15, 0.2) is 0 Å². The van der Waals surface area contributed by atoms with Gasteiger partial charge in [-0.05, 0) is 25.1 Å². The van der Waals surface area contributed by atoms with Gasteiger partial charge in [-0.2, -0.15) is 0 Å². The second-order valence-corrected chi connectivity index (χ2v) is 7.16. The highest BCUT2D eigenvalue weighted by molar-refractivity contribution is 5.96. The molecular weight excluding hydrogens is 363 g/mol. The Morgan fingerprint density at radius 3 is 2.36 bits per heavy atom. The number of aryl methyl sites for hydroxylation is 1. The van der Waals surface area contributed by atoms with Crippen LogP contribution in [0.1, 0.15) is 52.0 Å². The van der Waals surface area contributed by atoms with Crippen LogP contribution in [0, 0.1) is 12.7 Å². The van der Waals surface area contributed by atoms with E-state index in [0.717, 1.165) is 23.4 Å². The third-order valence-electron chi connectivity index (χ3n) is 4.71. The van der Waals surface area contributed by atoms with Crippen LogP contribution in [0.5, 0.6) is 0 Å². The molecule has 1 aliphatic heterocycles. The van der Waals surface area contributed by atoms with Crippen molar-refractivity contribution in [1.82, 2.24) is 14.9 Å². The van der Waals surface area contributed by atoms with Crippen LogP contribution in [0.25, 0.3) is 0 Å². The van der Waals surface area contributed by atoms with E-state index in [4.69, 9.17) is 5.11 Å². The van der Waals surface area contributed by atoms with E-state index in [-0.39, 0.29) is 17.0 Å². The van der Waals surface area contributed by atoms with Gasteiger partial charge in [0, 0.05) is 43.9 Å². The average Bonchev–Trinajstić information content (AvgIpc) is 2.67. The van der Waals surface area contributed by atoms with E-state index < -0.39 is 17.7 Å². The normalized spacial score (nSPS) is 14.5. The summed E-state index contributed by atoms with van der Waals surface area (Å²) >= 11 is 0. The number of aromatic nitrogens is 2. The summed E-state index contributed by atoms with van der Waals surface area (Å²) in [5, 5.41) is 8.92. The Bertz CT molecular complexity index is 908. The van der Waals surface area contributed by atoms with Gasteiger partial charge >= 0.3 is 5.97 Å². The zero-order valence-electron chi connectivity index (χ0n) is 16.1. The van der Waals surface area contributed by atoms with E-state index >= 15 is 0 Å². The van der Waals surface area contributed by atoms with Crippen LogP contribution >= 0.6 is 0 Å². The van der Waals surface area contributed by atoms with Gasteiger partial charge in [-0.1, -0.05) is 13.8 Å². The second kappa shape index (κ2) is 7.92. The molecule has 1 aromatic heterocycles. The molecule has 2 aromatic rings. The number of rotatable bonds is 4. The van der Waals surface area contributed by atoms with Crippen molar-refractivity contribution in [2.75, 3.05) is 31.1 Å². The number of piperazine rings is 1. The predicted octanol–water partition coefficient (Wildman–Crippen LogP) is 2.71. The molecule has 0 unspecified atom stereocenters. The number of hydrogen-bond acceptors (Lipinski definition) is 5. The molecule has 8 heteroatoms. The summed E-state index contributed by atoms with van der Waals surface area (Å²) in [4.78, 5) is 36.3. The highest BCUT2D eigenvalue weighted by atomic mass is 19.1. The summed E-state index contributed by atoms with van der Waals surface area (Å²) in [5.41, 5.74) is 0.602. The molecular formula is C20H23FN4O3. The molecule has 0 atom stereocenters. The predicted molar refractivity (Wildman–Crippen MR) is 102 cm³/mol. The lowest BCUT2D eigenvalue weighted by Crippen LogP contribution is -2.49. The van der Waals surface area contributed by atoms with Gasteiger partial charge in [-0.3, -0.25) is 4.79 Å². The van der Waals surface area contributed by atoms with Gasteiger partial charge in [-0.15, -0.1) is 0 Å². The van der Waals surface area contributed by atoms with E-state index in [1.807, 2.05) is 26.8 Å². The minimum atomic E-state index is -1.23. The van der Waals surface area contributed by atoms with Crippen LogP contribution in [0.15, 0.2) is 24.3 Å². The maximum Gasteiger partial charge on any atom is 0.335 e. The summed E-state index contributed by atoms with van der Waals surface area (Å²) in [5.74, 6) is -0.642. The Morgan fingerprint density at radius 2 is 1.79 bits per heavy atom. The van der Waals surface area contributed by atoms with Gasteiger partial charge in [0.2, 0.25) is 0 Å². The first-order chi connectivity index (χ1) is 13.3. The summed E-state index contributed by atoms with van der Waals surface area (Å²) in [6, 6.07) is 5.28. The average molecular weight is 386 g/mol. The first kappa shape index (κ1) is 19.7. The van der Waals surface area contributed by atoms with Crippen molar-refractivity contribution >= 4 is 17.7 Å². The largest absolute Gasteiger partial charge is 0.478 e. The first-order valence-corrected chi connectivity index (χ1v) is 9.19. The van der Waals surface area contributed by atoms with Gasteiger partial charge in [0.05, 0.1) is 11.1 Å². The molecule has 0 saturated carbocycles. The molecule has 0 bridgehead atoms. The first-order valence-electron chi connectivity index (χ1n) is 9.19. The van der Waals surface area contributed by atoms with E-state index in [1.165, 1.54) is 12.1 Å². The topological polar surface area (TPSA) is 86.6 Å². The fourth-order valence-electron chi connectivity index (χ4n) is 3.13. The Balaban J connectivity index is 1.70. The number of carbonyl (C=O) groups is 2. The number of hydrogen-bond donors (Lipinski definition) is 1. The van der Waals surface area contributed by atoms with Crippen LogP contribution in [-0.2, 0) is 0 Å². The van der Waals surface area contributed by atoms with E-state index in [0.29, 0.717) is 26.2 Å². The van der Waals surface area contributed by atoms with Gasteiger partial charge in [0.25, 0.3) is 5.91 Å². The summed E-state index contributed by atoms with van der Waals surface area (Å²) in [6.45, 7) is 8.03. The van der Waals surface area contributed by atoms with Gasteiger partial charge in [0.1, 0.15) is 17.5 Å². The van der Waals surface area contributed by atoms with Crippen molar-refractivity contribution < 1.29 is 19.1 Å². The summed E-state index contributed by atoms with van der Waals surface area (Å²) in [6.07, 6.45) is 0. The number of amides is 1. The lowest BCUT2D eigenvalue weighted by atomic mass is 10.1. The lowest BCUT2D eigenvalue weighted by molar-refractivity contribution is 0.0691. The molecule has 7 nitrogen and oxygen atoms in total. The zero-order valence-corrected chi connectivity index (χ0v) is 16.1. The second-order valence-electron chi connectivity index (χ2n) is 7.16. The number of anilines is 1. The molecule has 1 amide bonds. The zero-order chi connectivity index (χ0) is 20.4. The van der Waals surface area contributed by atoms with Crippen molar-refractivity contribution in [3.05, 3.63) is 52.7 Å². The molecule has 1 saturated heterocycles. The van der Waals surface area contributed by atoms with E-state index in [9.17, 15) is 14.0 Å². The van der Waals surface area contributed by atoms with Crippen molar-refractivity contribution in [2.45, 2.75) is 26.7 Å². The summed E-state index contributed by atoms with van der Waals surface area (Å²) < 4.78 is 14.2. The minimum Gasteiger partial charge on any atom is -0.478 e. The Hall–Kier alpha value is -3.03. The maximum atomic E-state index is 14.2. The molecule has 1 aromatic carbocycles. The molecule has 0 spiro atoms. The summed E-state index contributed by atoms with van der Waals surface area (Å²) in [7, 11) is 0. The smallest absolute Gasteiger partial charge is 0.335 e. The third-order valence-corrected chi connectivity index (χ3v) is 4.71. The fraction of sp³-hybridized carbons (Fsp3) is 0.400. The molecule has 3 rings (SSSR count). The highest BCUT2D eigenvalue weighted by Crippen LogP contribution is 2.20. The number of benzene rings is 1. The number of aromatic carboxylic acids is 1. The lowest BCUT2D eigenvalue weighted by Gasteiger charge is -2.35. The van der Waals surface area contributed by atoms with Crippen molar-refractivity contribution in [1.29, 1.82) is 0 Å². The van der Waals surface area contributed by atoms with Crippen LogP contribution in [0.4, 0.5) is 10.2 Å². The van der Waals surface area contributed by atoms with Crippen LogP contribution in [-0.4, -0.2) is 58.0 Å². The fourth-order valence-corrected chi connectivity index (χ4v) is 3.13. The molecule has 1 aliphatic rings. The molecule has 0 radical (unpaired) electrons. The number of carboxylic acids is 1. The number of carboxylic acid groups (broad SMARTS) is 1. The number of halogens is 1. The molecule has 1 N–H and O–H groups in total. The van der Waals surface area contributed by atoms with E-state index in [1.54, 1.807) is 4.90 Å².